The number of rotatable bonds is 6. The first-order valence-electron chi connectivity index (χ1n) is 4.55. The first-order chi connectivity index (χ1) is 8.63. The predicted octanol–water partition coefficient (Wildman–Crippen LogP) is 1.26. The van der Waals surface area contributed by atoms with E-state index in [9.17, 15) is 18.0 Å². The molecule has 0 saturated carbocycles. The molecular formula is C8H7Cl2NO6S2. The molecule has 0 bridgehead atoms. The molecule has 1 aromatic rings. The summed E-state index contributed by atoms with van der Waals surface area (Å²) in [6.45, 7) is 0. The van der Waals surface area contributed by atoms with Crippen LogP contribution in [0.15, 0.2) is 11.0 Å². The minimum absolute atomic E-state index is 0.107. The van der Waals surface area contributed by atoms with Crippen molar-refractivity contribution in [2.75, 3.05) is 0 Å². The van der Waals surface area contributed by atoms with Gasteiger partial charge in [-0.2, -0.15) is 4.72 Å². The molecule has 0 aliphatic rings. The van der Waals surface area contributed by atoms with Gasteiger partial charge in [-0.1, -0.05) is 23.2 Å². The van der Waals surface area contributed by atoms with E-state index in [4.69, 9.17) is 33.4 Å². The number of carboxylic acids is 2. The van der Waals surface area contributed by atoms with Gasteiger partial charge in [-0.15, -0.1) is 11.3 Å². The third-order valence-corrected chi connectivity index (χ3v) is 5.11. The van der Waals surface area contributed by atoms with E-state index in [1.165, 1.54) is 0 Å². The summed E-state index contributed by atoms with van der Waals surface area (Å²) in [6.07, 6.45) is -0.899. The minimum Gasteiger partial charge on any atom is -0.481 e. The summed E-state index contributed by atoms with van der Waals surface area (Å²) in [6, 6.07) is -0.742. The van der Waals surface area contributed by atoms with Gasteiger partial charge in [0.15, 0.2) is 0 Å². The molecule has 0 radical (unpaired) electrons. The number of hydrogen-bond acceptors (Lipinski definition) is 5. The molecule has 0 amide bonds. The van der Waals surface area contributed by atoms with Crippen molar-refractivity contribution in [3.05, 3.63) is 14.7 Å². The van der Waals surface area contributed by atoms with E-state index in [1.54, 1.807) is 4.72 Å². The SMILES string of the molecule is O=C(O)C[C@@H](NS(=O)(=O)c1cc(Cl)sc1Cl)C(=O)O. The summed E-state index contributed by atoms with van der Waals surface area (Å²) in [5, 5.41) is 17.3. The van der Waals surface area contributed by atoms with Crippen LogP contribution in [0.2, 0.25) is 8.67 Å². The van der Waals surface area contributed by atoms with E-state index in [0.29, 0.717) is 0 Å². The minimum atomic E-state index is -4.26. The molecule has 0 aliphatic carbocycles. The number of thiophene rings is 1. The molecule has 7 nitrogen and oxygen atoms in total. The van der Waals surface area contributed by atoms with Crippen LogP contribution >= 0.6 is 34.5 Å². The van der Waals surface area contributed by atoms with E-state index in [1.807, 2.05) is 0 Å². The molecule has 0 aliphatic heterocycles. The van der Waals surface area contributed by atoms with Crippen molar-refractivity contribution >= 4 is 56.5 Å². The van der Waals surface area contributed by atoms with Crippen LogP contribution in [0.4, 0.5) is 0 Å². The molecule has 0 saturated heterocycles. The van der Waals surface area contributed by atoms with E-state index in [0.717, 1.165) is 17.4 Å². The highest BCUT2D eigenvalue weighted by atomic mass is 35.5. The number of carboxylic acid groups (broad SMARTS) is 2. The predicted molar refractivity (Wildman–Crippen MR) is 68.3 cm³/mol. The molecular weight excluding hydrogens is 341 g/mol. The van der Waals surface area contributed by atoms with Crippen molar-refractivity contribution in [3.63, 3.8) is 0 Å². The van der Waals surface area contributed by atoms with Crippen LogP contribution in [0.5, 0.6) is 0 Å². The first-order valence-corrected chi connectivity index (χ1v) is 7.61. The van der Waals surface area contributed by atoms with E-state index in [2.05, 4.69) is 0 Å². The Hall–Kier alpha value is -0.870. The van der Waals surface area contributed by atoms with Gasteiger partial charge in [0.05, 0.1) is 10.8 Å². The summed E-state index contributed by atoms with van der Waals surface area (Å²) in [7, 11) is -4.26. The summed E-state index contributed by atoms with van der Waals surface area (Å²) in [5.74, 6) is -3.06. The molecule has 0 spiro atoms. The largest absolute Gasteiger partial charge is 0.481 e. The Bertz CT molecular complexity index is 611. The van der Waals surface area contributed by atoms with Gasteiger partial charge in [-0.25, -0.2) is 8.42 Å². The lowest BCUT2D eigenvalue weighted by Gasteiger charge is -2.12. The van der Waals surface area contributed by atoms with Crippen LogP contribution in [-0.2, 0) is 19.6 Å². The van der Waals surface area contributed by atoms with E-state index < -0.39 is 34.4 Å². The second kappa shape index (κ2) is 6.06. The first kappa shape index (κ1) is 16.2. The number of hydrogen-bond donors (Lipinski definition) is 3. The van der Waals surface area contributed by atoms with Crippen molar-refractivity contribution < 1.29 is 28.2 Å². The van der Waals surface area contributed by atoms with Gasteiger partial charge >= 0.3 is 11.9 Å². The van der Waals surface area contributed by atoms with Gasteiger partial charge in [0.25, 0.3) is 0 Å². The quantitative estimate of drug-likeness (QED) is 0.712. The van der Waals surface area contributed by atoms with Crippen molar-refractivity contribution in [1.29, 1.82) is 0 Å². The molecule has 1 heterocycles. The maximum atomic E-state index is 11.9. The number of halogens is 2. The summed E-state index contributed by atoms with van der Waals surface area (Å²) in [5.41, 5.74) is 0. The second-order valence-corrected chi connectivity index (χ2v) is 7.27. The van der Waals surface area contributed by atoms with Gasteiger partial charge in [0, 0.05) is 0 Å². The zero-order valence-corrected chi connectivity index (χ0v) is 12.1. The topological polar surface area (TPSA) is 121 Å². The second-order valence-electron chi connectivity index (χ2n) is 3.30. The Morgan fingerprint density at radius 3 is 2.32 bits per heavy atom. The number of sulfonamides is 1. The Kier molecular flexibility index (Phi) is 5.16. The number of carbonyl (C=O) groups is 2. The van der Waals surface area contributed by atoms with Crippen LogP contribution in [-0.4, -0.2) is 36.6 Å². The normalized spacial score (nSPS) is 13.2. The average molecular weight is 348 g/mol. The molecule has 0 fully saturated rings. The van der Waals surface area contributed by atoms with Crippen molar-refractivity contribution in [1.82, 2.24) is 4.72 Å². The number of nitrogens with one attached hydrogen (secondary N) is 1. The molecule has 106 valence electrons. The fourth-order valence-electron chi connectivity index (χ4n) is 1.11. The highest BCUT2D eigenvalue weighted by Crippen LogP contribution is 2.34. The van der Waals surface area contributed by atoms with Gasteiger partial charge in [-0.3, -0.25) is 9.59 Å². The molecule has 3 N–H and O–H groups in total. The standard InChI is InChI=1S/C8H7Cl2NO6S2/c9-5-2-4(7(10)18-5)19(16,17)11-3(8(14)15)1-6(12)13/h2-3,11H,1H2,(H,12,13)(H,14,15)/t3-/m1/s1. The smallest absolute Gasteiger partial charge is 0.322 e. The third kappa shape index (κ3) is 4.32. The highest BCUT2D eigenvalue weighted by molar-refractivity contribution is 7.89. The van der Waals surface area contributed by atoms with Crippen molar-refractivity contribution in [3.8, 4) is 0 Å². The molecule has 1 atom stereocenters. The van der Waals surface area contributed by atoms with Crippen LogP contribution in [0.1, 0.15) is 6.42 Å². The lowest BCUT2D eigenvalue weighted by Crippen LogP contribution is -2.42. The maximum Gasteiger partial charge on any atom is 0.322 e. The fraction of sp³-hybridized carbons (Fsp3) is 0.250. The number of aliphatic carboxylic acids is 2. The lowest BCUT2D eigenvalue weighted by molar-refractivity contribution is -0.145. The average Bonchev–Trinajstić information content (AvgIpc) is 2.56. The van der Waals surface area contributed by atoms with Gasteiger partial charge in [-0.05, 0) is 6.07 Å². The van der Waals surface area contributed by atoms with Gasteiger partial charge in [0.2, 0.25) is 10.0 Å². The summed E-state index contributed by atoms with van der Waals surface area (Å²) in [4.78, 5) is 20.9. The van der Waals surface area contributed by atoms with Gasteiger partial charge in [0.1, 0.15) is 15.3 Å². The molecule has 1 aromatic heterocycles. The van der Waals surface area contributed by atoms with E-state index >= 15 is 0 Å². The van der Waals surface area contributed by atoms with Crippen LogP contribution < -0.4 is 4.72 Å². The molecule has 19 heavy (non-hydrogen) atoms. The molecule has 0 aromatic carbocycles. The van der Waals surface area contributed by atoms with Crippen molar-refractivity contribution in [2.45, 2.75) is 17.4 Å². The van der Waals surface area contributed by atoms with Crippen LogP contribution in [0.25, 0.3) is 0 Å². The van der Waals surface area contributed by atoms with Crippen LogP contribution in [0, 0.1) is 0 Å². The molecule has 0 unspecified atom stereocenters. The van der Waals surface area contributed by atoms with Crippen LogP contribution in [0.3, 0.4) is 0 Å². The Morgan fingerprint density at radius 2 is 1.95 bits per heavy atom. The van der Waals surface area contributed by atoms with Crippen molar-refractivity contribution in [2.24, 2.45) is 0 Å². The maximum absolute atomic E-state index is 11.9. The molecule has 1 rings (SSSR count). The molecule has 11 heteroatoms. The lowest BCUT2D eigenvalue weighted by atomic mass is 10.2. The summed E-state index contributed by atoms with van der Waals surface area (Å²) >= 11 is 12.0. The summed E-state index contributed by atoms with van der Waals surface area (Å²) < 4.78 is 25.4. The third-order valence-electron chi connectivity index (χ3n) is 1.89. The Labute approximate surface area is 121 Å². The van der Waals surface area contributed by atoms with E-state index in [-0.39, 0.29) is 13.6 Å². The zero-order chi connectivity index (χ0) is 14.8. The Balaban J connectivity index is 3.04. The highest BCUT2D eigenvalue weighted by Gasteiger charge is 2.29. The zero-order valence-electron chi connectivity index (χ0n) is 8.96. The monoisotopic (exact) mass is 347 g/mol. The Morgan fingerprint density at radius 1 is 1.37 bits per heavy atom. The van der Waals surface area contributed by atoms with Gasteiger partial charge < -0.3 is 10.2 Å². The fourth-order valence-corrected chi connectivity index (χ4v) is 4.45.